The lowest BCUT2D eigenvalue weighted by Gasteiger charge is -2.37. The molecule has 2 aromatic rings. The molecule has 0 unspecified atom stereocenters. The second-order valence-electron chi connectivity index (χ2n) is 8.47. The van der Waals surface area contributed by atoms with Crippen LogP contribution < -0.4 is 15.1 Å². The number of nitrogens with one attached hydrogen (secondary N) is 1. The van der Waals surface area contributed by atoms with Gasteiger partial charge in [0.1, 0.15) is 0 Å². The highest BCUT2D eigenvalue weighted by molar-refractivity contribution is 5.99. The maximum Gasteiger partial charge on any atom is 0.253 e. The summed E-state index contributed by atoms with van der Waals surface area (Å²) in [5.41, 5.74) is 5.89. The van der Waals surface area contributed by atoms with Gasteiger partial charge < -0.3 is 20.0 Å². The lowest BCUT2D eigenvalue weighted by atomic mass is 9.98. The SMILES string of the molecule is CN1C(=O)CCc2cc(C(=O)N3CCN(c4ccc5c(c4)CCC(=O)N5)CC3)ccc21. The van der Waals surface area contributed by atoms with E-state index in [1.807, 2.05) is 35.2 Å². The van der Waals surface area contributed by atoms with Crippen LogP contribution in [0.5, 0.6) is 0 Å². The second kappa shape index (κ2) is 7.72. The lowest BCUT2D eigenvalue weighted by molar-refractivity contribution is -0.118. The minimum Gasteiger partial charge on any atom is -0.368 e. The first-order chi connectivity index (χ1) is 15.0. The Labute approximate surface area is 181 Å². The molecule has 3 amide bonds. The van der Waals surface area contributed by atoms with Gasteiger partial charge in [0.05, 0.1) is 0 Å². The number of nitrogens with zero attached hydrogens (tertiary/aromatic N) is 3. The molecule has 3 aliphatic rings. The van der Waals surface area contributed by atoms with Crippen molar-refractivity contribution in [2.24, 2.45) is 0 Å². The molecule has 160 valence electrons. The monoisotopic (exact) mass is 418 g/mol. The summed E-state index contributed by atoms with van der Waals surface area (Å²) in [6.07, 6.45) is 2.48. The normalized spacial score (nSPS) is 18.4. The fourth-order valence-corrected chi connectivity index (χ4v) is 4.71. The van der Waals surface area contributed by atoms with Crippen LogP contribution in [0.3, 0.4) is 0 Å². The Bertz CT molecular complexity index is 1070. The van der Waals surface area contributed by atoms with Crippen molar-refractivity contribution < 1.29 is 14.4 Å². The van der Waals surface area contributed by atoms with Crippen molar-refractivity contribution in [3.63, 3.8) is 0 Å². The zero-order chi connectivity index (χ0) is 21.5. The summed E-state index contributed by atoms with van der Waals surface area (Å²) in [4.78, 5) is 42.4. The standard InChI is InChI=1S/C24H26N4O3/c1-26-21-7-2-18(14-17(21)4-9-23(26)30)24(31)28-12-10-27(11-13-28)19-5-6-20-16(15-19)3-8-22(29)25-20/h2,5-7,14-15H,3-4,8-13H2,1H3,(H,25,29). The number of aryl methyl sites for hydroxylation is 2. The van der Waals surface area contributed by atoms with E-state index in [4.69, 9.17) is 0 Å². The highest BCUT2D eigenvalue weighted by Gasteiger charge is 2.26. The van der Waals surface area contributed by atoms with Gasteiger partial charge in [-0.2, -0.15) is 0 Å². The Balaban J connectivity index is 1.25. The Morgan fingerprint density at radius 1 is 0.871 bits per heavy atom. The third-order valence-electron chi connectivity index (χ3n) is 6.59. The Kier molecular flexibility index (Phi) is 4.88. The van der Waals surface area contributed by atoms with E-state index < -0.39 is 0 Å². The van der Waals surface area contributed by atoms with Gasteiger partial charge in [0.2, 0.25) is 11.8 Å². The highest BCUT2D eigenvalue weighted by Crippen LogP contribution is 2.30. The van der Waals surface area contributed by atoms with E-state index in [-0.39, 0.29) is 17.7 Å². The third kappa shape index (κ3) is 3.65. The van der Waals surface area contributed by atoms with Crippen LogP contribution in [-0.4, -0.2) is 55.8 Å². The minimum absolute atomic E-state index is 0.0511. The predicted molar refractivity (Wildman–Crippen MR) is 120 cm³/mol. The largest absolute Gasteiger partial charge is 0.368 e. The molecular formula is C24H26N4O3. The summed E-state index contributed by atoms with van der Waals surface area (Å²) in [7, 11) is 1.79. The summed E-state index contributed by atoms with van der Waals surface area (Å²) >= 11 is 0. The number of piperazine rings is 1. The maximum atomic E-state index is 13.1. The highest BCUT2D eigenvalue weighted by atomic mass is 16.2. The number of rotatable bonds is 2. The molecule has 7 heteroatoms. The Hall–Kier alpha value is -3.35. The molecule has 0 spiro atoms. The molecule has 7 nitrogen and oxygen atoms in total. The lowest BCUT2D eigenvalue weighted by Crippen LogP contribution is -2.48. The molecule has 0 aliphatic carbocycles. The summed E-state index contributed by atoms with van der Waals surface area (Å²) in [6.45, 7) is 2.89. The molecule has 1 saturated heterocycles. The Morgan fingerprint density at radius 3 is 2.45 bits per heavy atom. The molecule has 2 aromatic carbocycles. The zero-order valence-corrected chi connectivity index (χ0v) is 17.7. The van der Waals surface area contributed by atoms with E-state index in [0.717, 1.165) is 42.1 Å². The molecular weight excluding hydrogens is 392 g/mol. The number of fused-ring (bicyclic) bond motifs is 2. The van der Waals surface area contributed by atoms with Crippen molar-refractivity contribution in [2.75, 3.05) is 48.3 Å². The van der Waals surface area contributed by atoms with Crippen molar-refractivity contribution in [1.29, 1.82) is 0 Å². The van der Waals surface area contributed by atoms with Gasteiger partial charge in [-0.3, -0.25) is 14.4 Å². The topological polar surface area (TPSA) is 73.0 Å². The number of anilines is 3. The first-order valence-electron chi connectivity index (χ1n) is 10.9. The van der Waals surface area contributed by atoms with Crippen molar-refractivity contribution in [3.8, 4) is 0 Å². The van der Waals surface area contributed by atoms with Gasteiger partial charge in [0, 0.05) is 68.7 Å². The average Bonchev–Trinajstić information content (AvgIpc) is 2.80. The van der Waals surface area contributed by atoms with E-state index in [1.54, 1.807) is 11.9 Å². The van der Waals surface area contributed by atoms with Gasteiger partial charge in [-0.25, -0.2) is 0 Å². The van der Waals surface area contributed by atoms with Gasteiger partial charge in [0.25, 0.3) is 5.91 Å². The minimum atomic E-state index is 0.0511. The summed E-state index contributed by atoms with van der Waals surface area (Å²) in [5, 5.41) is 2.92. The summed E-state index contributed by atoms with van der Waals surface area (Å²) in [5.74, 6) is 0.246. The van der Waals surface area contributed by atoms with Crippen LogP contribution in [0, 0.1) is 0 Å². The molecule has 3 aliphatic heterocycles. The predicted octanol–water partition coefficient (Wildman–Crippen LogP) is 2.44. The molecule has 1 fully saturated rings. The summed E-state index contributed by atoms with van der Waals surface area (Å²) < 4.78 is 0. The van der Waals surface area contributed by atoms with Gasteiger partial charge >= 0.3 is 0 Å². The Morgan fingerprint density at radius 2 is 1.65 bits per heavy atom. The van der Waals surface area contributed by atoms with Crippen LogP contribution in [0.15, 0.2) is 36.4 Å². The van der Waals surface area contributed by atoms with Crippen molar-refractivity contribution in [2.45, 2.75) is 25.7 Å². The van der Waals surface area contributed by atoms with Crippen LogP contribution in [0.25, 0.3) is 0 Å². The second-order valence-corrected chi connectivity index (χ2v) is 8.47. The molecule has 0 aromatic heterocycles. The van der Waals surface area contributed by atoms with Crippen LogP contribution in [0.2, 0.25) is 0 Å². The molecule has 3 heterocycles. The van der Waals surface area contributed by atoms with E-state index in [0.29, 0.717) is 37.9 Å². The number of hydrogen-bond acceptors (Lipinski definition) is 4. The fraction of sp³-hybridized carbons (Fsp3) is 0.375. The first-order valence-corrected chi connectivity index (χ1v) is 10.9. The van der Waals surface area contributed by atoms with E-state index in [1.165, 1.54) is 5.56 Å². The van der Waals surface area contributed by atoms with E-state index >= 15 is 0 Å². The van der Waals surface area contributed by atoms with Gasteiger partial charge in [-0.1, -0.05) is 0 Å². The van der Waals surface area contributed by atoms with Crippen LogP contribution in [0.1, 0.15) is 34.3 Å². The smallest absolute Gasteiger partial charge is 0.253 e. The van der Waals surface area contributed by atoms with Gasteiger partial charge in [-0.05, 0) is 60.4 Å². The average molecular weight is 418 g/mol. The number of carbonyl (C=O) groups is 3. The quantitative estimate of drug-likeness (QED) is 0.813. The molecule has 5 rings (SSSR count). The van der Waals surface area contributed by atoms with Crippen LogP contribution in [-0.2, 0) is 22.4 Å². The number of hydrogen-bond donors (Lipinski definition) is 1. The fourth-order valence-electron chi connectivity index (χ4n) is 4.71. The van der Waals surface area contributed by atoms with Crippen molar-refractivity contribution in [3.05, 3.63) is 53.1 Å². The van der Waals surface area contributed by atoms with E-state index in [2.05, 4.69) is 16.3 Å². The molecule has 1 N–H and O–H groups in total. The van der Waals surface area contributed by atoms with Crippen LogP contribution >= 0.6 is 0 Å². The molecule has 0 bridgehead atoms. The number of benzene rings is 2. The molecule has 0 saturated carbocycles. The summed E-state index contributed by atoms with van der Waals surface area (Å²) in [6, 6.07) is 11.9. The third-order valence-corrected chi connectivity index (χ3v) is 6.59. The first kappa shape index (κ1) is 19.6. The van der Waals surface area contributed by atoms with Crippen molar-refractivity contribution in [1.82, 2.24) is 4.90 Å². The molecule has 0 radical (unpaired) electrons. The van der Waals surface area contributed by atoms with Crippen LogP contribution in [0.4, 0.5) is 17.1 Å². The number of carbonyl (C=O) groups excluding carboxylic acids is 3. The maximum absolute atomic E-state index is 13.1. The molecule has 0 atom stereocenters. The van der Waals surface area contributed by atoms with Crippen molar-refractivity contribution >= 4 is 34.8 Å². The number of amides is 3. The van der Waals surface area contributed by atoms with Gasteiger partial charge in [-0.15, -0.1) is 0 Å². The zero-order valence-electron chi connectivity index (χ0n) is 17.7. The molecule has 31 heavy (non-hydrogen) atoms. The van der Waals surface area contributed by atoms with Gasteiger partial charge in [0.15, 0.2) is 0 Å². The van der Waals surface area contributed by atoms with E-state index in [9.17, 15) is 14.4 Å².